The molecule has 2 aromatic carbocycles. The Morgan fingerprint density at radius 3 is 2.41 bits per heavy atom. The molecule has 0 aromatic heterocycles. The lowest BCUT2D eigenvalue weighted by molar-refractivity contribution is -0.157. The molecule has 1 amide bonds. The first-order valence-corrected chi connectivity index (χ1v) is 10.8. The number of carbonyl (C=O) groups excluding carboxylic acids is 1. The zero-order valence-electron chi connectivity index (χ0n) is 15.5. The van der Waals surface area contributed by atoms with E-state index in [0.29, 0.717) is 18.7 Å². The van der Waals surface area contributed by atoms with E-state index in [0.717, 1.165) is 5.56 Å². The number of carbonyl (C=O) groups is 1. The predicted octanol–water partition coefficient (Wildman–Crippen LogP) is 3.23. The van der Waals surface area contributed by atoms with Crippen molar-refractivity contribution in [2.75, 3.05) is 23.1 Å². The van der Waals surface area contributed by atoms with Gasteiger partial charge in [-0.2, -0.15) is 13.2 Å². The molecular formula is C20H21F3N2O3S. The molecule has 156 valence electrons. The number of nitrogens with one attached hydrogen (secondary N) is 1. The van der Waals surface area contributed by atoms with Gasteiger partial charge in [0.05, 0.1) is 17.4 Å². The van der Waals surface area contributed by atoms with Crippen LogP contribution in [0.25, 0.3) is 0 Å². The summed E-state index contributed by atoms with van der Waals surface area (Å²) in [6.45, 7) is 0.0684. The fraction of sp³-hybridized carbons (Fsp3) is 0.350. The van der Waals surface area contributed by atoms with Crippen LogP contribution < -0.4 is 9.62 Å². The molecule has 0 fully saturated rings. The summed E-state index contributed by atoms with van der Waals surface area (Å²) in [6, 6.07) is 14.3. The number of anilines is 1. The smallest absolute Gasteiger partial charge is 0.355 e. The van der Waals surface area contributed by atoms with Gasteiger partial charge >= 0.3 is 6.18 Å². The van der Waals surface area contributed by atoms with Crippen molar-refractivity contribution in [3.63, 3.8) is 0 Å². The van der Waals surface area contributed by atoms with E-state index in [4.69, 9.17) is 0 Å². The minimum absolute atomic E-state index is 0.00329. The summed E-state index contributed by atoms with van der Waals surface area (Å²) in [7, 11) is -3.68. The second-order valence-electron chi connectivity index (χ2n) is 6.83. The molecule has 1 aliphatic rings. The monoisotopic (exact) mass is 426 g/mol. The molecule has 0 radical (unpaired) electrons. The van der Waals surface area contributed by atoms with Crippen molar-refractivity contribution in [1.82, 2.24) is 5.32 Å². The third kappa shape index (κ3) is 5.09. The summed E-state index contributed by atoms with van der Waals surface area (Å²) in [5.74, 6) is -3.16. The maximum absolute atomic E-state index is 13.3. The molecular weight excluding hydrogens is 405 g/mol. The first-order chi connectivity index (χ1) is 13.7. The largest absolute Gasteiger partial charge is 0.396 e. The van der Waals surface area contributed by atoms with Gasteiger partial charge in [-0.25, -0.2) is 8.42 Å². The van der Waals surface area contributed by atoms with Gasteiger partial charge in [-0.05, 0) is 23.6 Å². The Morgan fingerprint density at radius 2 is 1.72 bits per heavy atom. The van der Waals surface area contributed by atoms with E-state index in [1.807, 2.05) is 12.1 Å². The molecule has 5 nitrogen and oxygen atoms in total. The molecule has 9 heteroatoms. The maximum Gasteiger partial charge on any atom is 0.396 e. The number of hydrogen-bond donors (Lipinski definition) is 1. The van der Waals surface area contributed by atoms with Crippen LogP contribution in [0.4, 0.5) is 18.9 Å². The fourth-order valence-electron chi connectivity index (χ4n) is 3.39. The second-order valence-corrected chi connectivity index (χ2v) is 8.84. The van der Waals surface area contributed by atoms with Crippen molar-refractivity contribution in [2.24, 2.45) is 0 Å². The van der Waals surface area contributed by atoms with E-state index in [2.05, 4.69) is 5.32 Å². The van der Waals surface area contributed by atoms with Gasteiger partial charge in [0, 0.05) is 19.5 Å². The third-order valence-electron chi connectivity index (χ3n) is 4.85. The first kappa shape index (κ1) is 21.2. The number of para-hydroxylation sites is 1. The maximum atomic E-state index is 13.3. The van der Waals surface area contributed by atoms with E-state index in [1.165, 1.54) is 28.6 Å². The number of amides is 1. The lowest BCUT2D eigenvalue weighted by atomic mass is 9.95. The van der Waals surface area contributed by atoms with Crippen LogP contribution in [-0.4, -0.2) is 39.3 Å². The molecule has 29 heavy (non-hydrogen) atoms. The quantitative estimate of drug-likeness (QED) is 0.739. The second kappa shape index (κ2) is 8.44. The Kier molecular flexibility index (Phi) is 6.16. The van der Waals surface area contributed by atoms with Crippen molar-refractivity contribution in [2.45, 2.75) is 24.9 Å². The number of hydrogen-bond acceptors (Lipinski definition) is 3. The molecule has 1 unspecified atom stereocenters. The molecule has 0 bridgehead atoms. The van der Waals surface area contributed by atoms with E-state index in [-0.39, 0.29) is 17.9 Å². The highest BCUT2D eigenvalue weighted by atomic mass is 32.2. The molecule has 0 saturated heterocycles. The Labute approximate surface area is 167 Å². The standard InChI is InChI=1S/C20H21F3N2O3S/c21-20(22,23)17(15-6-2-1-3-7-15)14-19(26)24-11-13-29(27,28)25-12-10-16-8-4-5-9-18(16)25/h1-9,17H,10-14H2,(H,24,26). The van der Waals surface area contributed by atoms with Crippen LogP contribution in [0.2, 0.25) is 0 Å². The zero-order chi connectivity index (χ0) is 21.1. The van der Waals surface area contributed by atoms with Gasteiger partial charge in [0.2, 0.25) is 15.9 Å². The fourth-order valence-corrected chi connectivity index (χ4v) is 4.82. The van der Waals surface area contributed by atoms with Crippen molar-refractivity contribution >= 4 is 21.6 Å². The van der Waals surface area contributed by atoms with E-state index in [1.54, 1.807) is 18.2 Å². The van der Waals surface area contributed by atoms with E-state index < -0.39 is 34.4 Å². The number of nitrogens with zero attached hydrogens (tertiary/aromatic N) is 1. The normalized spacial score (nSPS) is 15.1. The summed E-state index contributed by atoms with van der Waals surface area (Å²) < 4.78 is 66.5. The van der Waals surface area contributed by atoms with Crippen LogP contribution in [-0.2, 0) is 21.2 Å². The molecule has 1 N–H and O–H groups in total. The van der Waals surface area contributed by atoms with Crippen LogP contribution >= 0.6 is 0 Å². The number of fused-ring (bicyclic) bond motifs is 1. The molecule has 0 aliphatic carbocycles. The summed E-state index contributed by atoms with van der Waals surface area (Å²) in [5.41, 5.74) is 1.53. The Balaban J connectivity index is 1.58. The SMILES string of the molecule is O=C(CC(c1ccccc1)C(F)(F)F)NCCS(=O)(=O)N1CCc2ccccc21. The lowest BCUT2D eigenvalue weighted by Crippen LogP contribution is -2.38. The van der Waals surface area contributed by atoms with Crippen LogP contribution in [0.1, 0.15) is 23.5 Å². The summed E-state index contributed by atoms with van der Waals surface area (Å²) in [6.07, 6.45) is -4.77. The number of alkyl halides is 3. The van der Waals surface area contributed by atoms with Gasteiger partial charge in [-0.3, -0.25) is 9.10 Å². The predicted molar refractivity (Wildman–Crippen MR) is 104 cm³/mol. The zero-order valence-corrected chi connectivity index (χ0v) is 16.3. The van der Waals surface area contributed by atoms with Crippen LogP contribution in [0.5, 0.6) is 0 Å². The highest BCUT2D eigenvalue weighted by molar-refractivity contribution is 7.92. The van der Waals surface area contributed by atoms with Crippen molar-refractivity contribution in [1.29, 1.82) is 0 Å². The average molecular weight is 426 g/mol. The third-order valence-corrected chi connectivity index (χ3v) is 6.62. The number of sulfonamides is 1. The molecule has 0 saturated carbocycles. The molecule has 0 spiro atoms. The van der Waals surface area contributed by atoms with Crippen LogP contribution in [0.3, 0.4) is 0 Å². The van der Waals surface area contributed by atoms with Crippen molar-refractivity contribution < 1.29 is 26.4 Å². The average Bonchev–Trinajstić information content (AvgIpc) is 3.11. The Bertz CT molecular complexity index is 962. The summed E-state index contributed by atoms with van der Waals surface area (Å²) >= 11 is 0. The molecule has 1 heterocycles. The molecule has 2 aromatic rings. The Morgan fingerprint density at radius 1 is 1.07 bits per heavy atom. The number of rotatable bonds is 7. The minimum Gasteiger partial charge on any atom is -0.355 e. The van der Waals surface area contributed by atoms with Gasteiger partial charge < -0.3 is 5.32 Å². The van der Waals surface area contributed by atoms with E-state index >= 15 is 0 Å². The molecule has 1 aliphatic heterocycles. The van der Waals surface area contributed by atoms with Gasteiger partial charge in [0.25, 0.3) is 0 Å². The van der Waals surface area contributed by atoms with Gasteiger partial charge in [0.15, 0.2) is 0 Å². The van der Waals surface area contributed by atoms with Gasteiger partial charge in [-0.1, -0.05) is 48.5 Å². The van der Waals surface area contributed by atoms with Crippen LogP contribution in [0.15, 0.2) is 54.6 Å². The number of halogens is 3. The molecule has 3 rings (SSSR count). The van der Waals surface area contributed by atoms with Crippen molar-refractivity contribution in [3.8, 4) is 0 Å². The first-order valence-electron chi connectivity index (χ1n) is 9.15. The van der Waals surface area contributed by atoms with Gasteiger partial charge in [0.1, 0.15) is 0 Å². The lowest BCUT2D eigenvalue weighted by Gasteiger charge is -2.21. The summed E-state index contributed by atoms with van der Waals surface area (Å²) in [5, 5.41) is 2.31. The van der Waals surface area contributed by atoms with Crippen LogP contribution in [0, 0.1) is 0 Å². The minimum atomic E-state index is -4.58. The summed E-state index contributed by atoms with van der Waals surface area (Å²) in [4.78, 5) is 12.1. The molecule has 1 atom stereocenters. The Hall–Kier alpha value is -2.55. The topological polar surface area (TPSA) is 66.5 Å². The highest BCUT2D eigenvalue weighted by Gasteiger charge is 2.41. The highest BCUT2D eigenvalue weighted by Crippen LogP contribution is 2.37. The van der Waals surface area contributed by atoms with Crippen molar-refractivity contribution in [3.05, 3.63) is 65.7 Å². The van der Waals surface area contributed by atoms with Gasteiger partial charge in [-0.15, -0.1) is 0 Å². The number of benzene rings is 2. The van der Waals surface area contributed by atoms with E-state index in [9.17, 15) is 26.4 Å².